The molecule has 0 saturated heterocycles. The van der Waals surface area contributed by atoms with E-state index in [1.807, 2.05) is 0 Å². The molecule has 0 radical (unpaired) electrons. The van der Waals surface area contributed by atoms with Gasteiger partial charge in [-0.05, 0) is 12.1 Å². The average Bonchev–Trinajstić information content (AvgIpc) is 2.44. The van der Waals surface area contributed by atoms with Gasteiger partial charge < -0.3 is 5.32 Å². The van der Waals surface area contributed by atoms with E-state index in [9.17, 15) is 18.4 Å². The van der Waals surface area contributed by atoms with Gasteiger partial charge in [0, 0.05) is 17.2 Å². The monoisotopic (exact) mass is 275 g/mol. The van der Waals surface area contributed by atoms with Crippen LogP contribution >= 0.6 is 0 Å². The molecule has 20 heavy (non-hydrogen) atoms. The molecule has 0 aliphatic rings. The number of halogens is 2. The highest BCUT2D eigenvalue weighted by atomic mass is 19.1. The predicted molar refractivity (Wildman–Crippen MR) is 69.5 cm³/mol. The summed E-state index contributed by atoms with van der Waals surface area (Å²) in [5.74, 6) is -2.67. The minimum absolute atomic E-state index is 0.164. The molecule has 0 unspecified atom stereocenters. The van der Waals surface area contributed by atoms with Crippen LogP contribution in [0.2, 0.25) is 0 Å². The summed E-state index contributed by atoms with van der Waals surface area (Å²) in [5.41, 5.74) is 0.293. The van der Waals surface area contributed by atoms with Gasteiger partial charge in [-0.2, -0.15) is 0 Å². The van der Waals surface area contributed by atoms with Crippen molar-refractivity contribution in [2.75, 3.05) is 6.54 Å². The van der Waals surface area contributed by atoms with E-state index in [0.29, 0.717) is 11.6 Å². The van der Waals surface area contributed by atoms with Crippen molar-refractivity contribution in [2.24, 2.45) is 0 Å². The molecule has 0 fully saturated rings. The highest BCUT2D eigenvalue weighted by molar-refractivity contribution is 6.02. The lowest BCUT2D eigenvalue weighted by molar-refractivity contribution is 0.0903. The fourth-order valence-corrected chi connectivity index (χ4v) is 1.67. The summed E-state index contributed by atoms with van der Waals surface area (Å²) in [6.07, 6.45) is 0. The van der Waals surface area contributed by atoms with Gasteiger partial charge in [0.1, 0.15) is 11.6 Å². The number of carbonyl (C=O) groups is 2. The molecule has 102 valence electrons. The standard InChI is InChI=1S/C15H11F2NO2/c16-12-6-11(7-13(17)8-12)15(20)18-9-14(19)10-4-2-1-3-5-10/h1-8H,9H2,(H,18,20). The number of Topliss-reactive ketones (excluding diaryl/α,β-unsaturated/α-hetero) is 1. The molecule has 2 aromatic carbocycles. The van der Waals surface area contributed by atoms with Crippen molar-refractivity contribution in [3.63, 3.8) is 0 Å². The highest BCUT2D eigenvalue weighted by Gasteiger charge is 2.11. The molecule has 1 N–H and O–H groups in total. The number of rotatable bonds is 4. The molecule has 3 nitrogen and oxygen atoms in total. The van der Waals surface area contributed by atoms with Crippen LogP contribution in [0.1, 0.15) is 20.7 Å². The van der Waals surface area contributed by atoms with Gasteiger partial charge in [-0.15, -0.1) is 0 Å². The molecule has 0 saturated carbocycles. The quantitative estimate of drug-likeness (QED) is 0.872. The zero-order valence-corrected chi connectivity index (χ0v) is 10.4. The van der Waals surface area contributed by atoms with Crippen LogP contribution in [-0.2, 0) is 0 Å². The lowest BCUT2D eigenvalue weighted by atomic mass is 10.1. The summed E-state index contributed by atoms with van der Waals surface area (Å²) in [5, 5.41) is 2.33. The Morgan fingerprint density at radius 3 is 2.10 bits per heavy atom. The molecule has 0 aliphatic heterocycles. The van der Waals surface area contributed by atoms with Gasteiger partial charge in [0.15, 0.2) is 5.78 Å². The first kappa shape index (κ1) is 13.9. The first-order chi connectivity index (χ1) is 9.56. The van der Waals surface area contributed by atoms with Gasteiger partial charge in [0.25, 0.3) is 5.91 Å². The van der Waals surface area contributed by atoms with E-state index in [-0.39, 0.29) is 17.9 Å². The SMILES string of the molecule is O=C(CNC(=O)c1cc(F)cc(F)c1)c1ccccc1. The van der Waals surface area contributed by atoms with E-state index in [0.717, 1.165) is 12.1 Å². The largest absolute Gasteiger partial charge is 0.345 e. The van der Waals surface area contributed by atoms with Gasteiger partial charge in [0.2, 0.25) is 0 Å². The van der Waals surface area contributed by atoms with Crippen molar-refractivity contribution in [3.8, 4) is 0 Å². The number of ketones is 1. The minimum atomic E-state index is -0.843. The summed E-state index contributed by atoms with van der Waals surface area (Å²) in [4.78, 5) is 23.4. The third-order valence-corrected chi connectivity index (χ3v) is 2.63. The molecular formula is C15H11F2NO2. The second-order valence-corrected chi connectivity index (χ2v) is 4.13. The maximum atomic E-state index is 13.0. The van der Waals surface area contributed by atoms with E-state index in [2.05, 4.69) is 5.32 Å². The molecule has 2 aromatic rings. The Kier molecular flexibility index (Phi) is 4.20. The Balaban J connectivity index is 2.00. The summed E-state index contributed by atoms with van der Waals surface area (Å²) >= 11 is 0. The lowest BCUT2D eigenvalue weighted by Gasteiger charge is -2.05. The third kappa shape index (κ3) is 3.47. The summed E-state index contributed by atoms with van der Waals surface area (Å²) in [7, 11) is 0. The van der Waals surface area contributed by atoms with Crippen molar-refractivity contribution >= 4 is 11.7 Å². The van der Waals surface area contributed by atoms with E-state index < -0.39 is 17.5 Å². The first-order valence-electron chi connectivity index (χ1n) is 5.89. The molecule has 1 amide bonds. The lowest BCUT2D eigenvalue weighted by Crippen LogP contribution is -2.29. The number of benzene rings is 2. The third-order valence-electron chi connectivity index (χ3n) is 2.63. The van der Waals surface area contributed by atoms with Crippen LogP contribution in [0.15, 0.2) is 48.5 Å². The number of carbonyl (C=O) groups excluding carboxylic acids is 2. The highest BCUT2D eigenvalue weighted by Crippen LogP contribution is 2.08. The van der Waals surface area contributed by atoms with Gasteiger partial charge >= 0.3 is 0 Å². The van der Waals surface area contributed by atoms with Gasteiger partial charge in [0.05, 0.1) is 6.54 Å². The molecular weight excluding hydrogens is 264 g/mol. The van der Waals surface area contributed by atoms with E-state index in [4.69, 9.17) is 0 Å². The zero-order valence-electron chi connectivity index (χ0n) is 10.4. The summed E-state index contributed by atoms with van der Waals surface area (Å²) in [6, 6.07) is 10.9. The van der Waals surface area contributed by atoms with Gasteiger partial charge in [-0.25, -0.2) is 8.78 Å². The second kappa shape index (κ2) is 6.06. The van der Waals surface area contributed by atoms with Crippen molar-refractivity contribution < 1.29 is 18.4 Å². The van der Waals surface area contributed by atoms with Crippen molar-refractivity contribution in [3.05, 3.63) is 71.3 Å². The fraction of sp³-hybridized carbons (Fsp3) is 0.0667. The number of nitrogens with one attached hydrogen (secondary N) is 1. The Hall–Kier alpha value is -2.56. The van der Waals surface area contributed by atoms with Crippen molar-refractivity contribution in [2.45, 2.75) is 0 Å². The zero-order chi connectivity index (χ0) is 14.5. The van der Waals surface area contributed by atoms with Gasteiger partial charge in [-0.1, -0.05) is 30.3 Å². The Morgan fingerprint density at radius 2 is 1.50 bits per heavy atom. The Labute approximate surface area is 114 Å². The van der Waals surface area contributed by atoms with Crippen LogP contribution < -0.4 is 5.32 Å². The summed E-state index contributed by atoms with van der Waals surface area (Å²) < 4.78 is 25.9. The van der Waals surface area contributed by atoms with Crippen LogP contribution in [0, 0.1) is 11.6 Å². The van der Waals surface area contributed by atoms with E-state index in [1.54, 1.807) is 30.3 Å². The predicted octanol–water partition coefficient (Wildman–Crippen LogP) is 2.58. The van der Waals surface area contributed by atoms with Crippen LogP contribution in [0.3, 0.4) is 0 Å². The van der Waals surface area contributed by atoms with Gasteiger partial charge in [-0.3, -0.25) is 9.59 Å². The van der Waals surface area contributed by atoms with E-state index >= 15 is 0 Å². The first-order valence-corrected chi connectivity index (χ1v) is 5.89. The smallest absolute Gasteiger partial charge is 0.251 e. The molecule has 0 heterocycles. The van der Waals surface area contributed by atoms with Crippen LogP contribution in [0.25, 0.3) is 0 Å². The molecule has 0 aliphatic carbocycles. The second-order valence-electron chi connectivity index (χ2n) is 4.13. The molecule has 5 heteroatoms. The van der Waals surface area contributed by atoms with Crippen molar-refractivity contribution in [1.82, 2.24) is 5.32 Å². The molecule has 0 aromatic heterocycles. The topological polar surface area (TPSA) is 46.2 Å². The van der Waals surface area contributed by atoms with Crippen molar-refractivity contribution in [1.29, 1.82) is 0 Å². The number of amides is 1. The number of hydrogen-bond donors (Lipinski definition) is 1. The maximum Gasteiger partial charge on any atom is 0.251 e. The number of hydrogen-bond acceptors (Lipinski definition) is 2. The maximum absolute atomic E-state index is 13.0. The van der Waals surface area contributed by atoms with Crippen LogP contribution in [0.4, 0.5) is 8.78 Å². The summed E-state index contributed by atoms with van der Waals surface area (Å²) in [6.45, 7) is -0.235. The Morgan fingerprint density at radius 1 is 0.900 bits per heavy atom. The van der Waals surface area contributed by atoms with E-state index in [1.165, 1.54) is 0 Å². The molecule has 2 rings (SSSR count). The minimum Gasteiger partial charge on any atom is -0.345 e. The fourth-order valence-electron chi connectivity index (χ4n) is 1.67. The van der Waals surface area contributed by atoms with Crippen LogP contribution in [0.5, 0.6) is 0 Å². The molecule has 0 spiro atoms. The van der Waals surface area contributed by atoms with Crippen LogP contribution in [-0.4, -0.2) is 18.2 Å². The Bertz CT molecular complexity index is 621. The molecule has 0 atom stereocenters. The normalized spacial score (nSPS) is 10.1. The average molecular weight is 275 g/mol. The molecule has 0 bridgehead atoms.